The number of hydrogen-bond donors (Lipinski definition) is 2. The molecule has 0 aromatic rings. The minimum absolute atomic E-state index is 0.0469. The van der Waals surface area contributed by atoms with E-state index in [-0.39, 0.29) is 6.03 Å². The molecule has 0 unspecified atom stereocenters. The number of urea groups is 1. The normalized spacial score (nSPS) is 9.85. The van der Waals surface area contributed by atoms with E-state index in [1.165, 1.54) is 0 Å². The molecule has 0 radical (unpaired) electrons. The van der Waals surface area contributed by atoms with Gasteiger partial charge in [0.15, 0.2) is 0 Å². The van der Waals surface area contributed by atoms with Crippen LogP contribution in [0.1, 0.15) is 20.3 Å². The average Bonchev–Trinajstić information content (AvgIpc) is 2.15. The van der Waals surface area contributed by atoms with Crippen molar-refractivity contribution < 1.29 is 4.79 Å². The third-order valence-corrected chi connectivity index (χ3v) is 1.77. The molecular weight excluding hydrogens is 168 g/mol. The van der Waals surface area contributed by atoms with Gasteiger partial charge in [-0.3, -0.25) is 10.0 Å². The van der Waals surface area contributed by atoms with E-state index in [9.17, 15) is 4.79 Å². The van der Waals surface area contributed by atoms with Crippen LogP contribution in [0.15, 0.2) is 0 Å². The molecule has 0 rings (SSSR count). The highest BCUT2D eigenvalue weighted by molar-refractivity contribution is 5.73. The maximum atomic E-state index is 11.7. The van der Waals surface area contributed by atoms with Gasteiger partial charge in [0.05, 0.1) is 0 Å². The lowest BCUT2D eigenvalue weighted by molar-refractivity contribution is 0.121. The molecule has 13 heavy (non-hydrogen) atoms. The molecule has 0 aliphatic heterocycles. The summed E-state index contributed by atoms with van der Waals surface area (Å²) in [7, 11) is 3.48. The quantitative estimate of drug-likeness (QED) is 0.614. The lowest BCUT2D eigenvalue weighted by Crippen LogP contribution is -2.52. The molecule has 0 saturated heterocycles. The first-order valence-electron chi connectivity index (χ1n) is 4.65. The maximum Gasteiger partial charge on any atom is 0.348 e. The Bertz CT molecular complexity index is 147. The number of carbonyl (C=O) groups is 1. The van der Waals surface area contributed by atoms with Gasteiger partial charge in [0.2, 0.25) is 0 Å². The van der Waals surface area contributed by atoms with Crippen molar-refractivity contribution in [3.05, 3.63) is 0 Å². The van der Waals surface area contributed by atoms with E-state index in [1.807, 2.05) is 13.8 Å². The summed E-state index contributed by atoms with van der Waals surface area (Å²) < 4.78 is 0. The van der Waals surface area contributed by atoms with Gasteiger partial charge in [0, 0.05) is 27.2 Å². The molecule has 0 spiro atoms. The largest absolute Gasteiger partial charge is 0.348 e. The van der Waals surface area contributed by atoms with E-state index < -0.39 is 0 Å². The zero-order valence-electron chi connectivity index (χ0n) is 8.92. The van der Waals surface area contributed by atoms with Crippen molar-refractivity contribution in [2.75, 3.05) is 27.2 Å². The number of hydrazine groups is 2. The first kappa shape index (κ1) is 12.2. The van der Waals surface area contributed by atoms with Crippen LogP contribution < -0.4 is 10.9 Å². The van der Waals surface area contributed by atoms with Gasteiger partial charge >= 0.3 is 6.03 Å². The Labute approximate surface area is 80.0 Å². The fraction of sp³-hybridized carbons (Fsp3) is 0.875. The molecule has 5 nitrogen and oxygen atoms in total. The van der Waals surface area contributed by atoms with Crippen molar-refractivity contribution in [1.82, 2.24) is 20.9 Å². The van der Waals surface area contributed by atoms with Gasteiger partial charge < -0.3 is 0 Å². The van der Waals surface area contributed by atoms with Crippen LogP contribution in [0.25, 0.3) is 0 Å². The van der Waals surface area contributed by atoms with Crippen molar-refractivity contribution >= 4 is 6.03 Å². The highest BCUT2D eigenvalue weighted by Gasteiger charge is 2.15. The van der Waals surface area contributed by atoms with E-state index in [4.69, 9.17) is 0 Å². The number of nitrogens with one attached hydrogen (secondary N) is 2. The van der Waals surface area contributed by atoms with E-state index in [0.717, 1.165) is 6.42 Å². The molecule has 5 heteroatoms. The molecule has 0 aliphatic rings. The third kappa shape index (κ3) is 3.61. The van der Waals surface area contributed by atoms with Gasteiger partial charge in [-0.2, -0.15) is 0 Å². The van der Waals surface area contributed by atoms with E-state index >= 15 is 0 Å². The second-order valence-corrected chi connectivity index (χ2v) is 2.63. The van der Waals surface area contributed by atoms with Crippen molar-refractivity contribution in [2.45, 2.75) is 20.3 Å². The Morgan fingerprint density at radius 1 is 1.15 bits per heavy atom. The van der Waals surface area contributed by atoms with Crippen LogP contribution >= 0.6 is 0 Å². The summed E-state index contributed by atoms with van der Waals surface area (Å²) in [5.74, 6) is 0. The highest BCUT2D eigenvalue weighted by Crippen LogP contribution is 1.93. The molecule has 0 aromatic carbocycles. The first-order chi connectivity index (χ1) is 6.21. The number of amides is 2. The molecule has 2 amide bonds. The van der Waals surface area contributed by atoms with Crippen LogP contribution in [0.2, 0.25) is 0 Å². The van der Waals surface area contributed by atoms with Crippen molar-refractivity contribution in [2.24, 2.45) is 0 Å². The zero-order chi connectivity index (χ0) is 10.3. The minimum atomic E-state index is -0.0469. The second kappa shape index (κ2) is 6.68. The fourth-order valence-electron chi connectivity index (χ4n) is 1.06. The molecular formula is C8H20N4O. The summed E-state index contributed by atoms with van der Waals surface area (Å²) in [5, 5.41) is 3.13. The lowest BCUT2D eigenvalue weighted by Gasteiger charge is -2.28. The standard InChI is InChI=1S/C8H20N4O/c1-5-7-12(10-4)8(13)11(6-2)9-3/h9-10H,5-7H2,1-4H3. The molecule has 0 aromatic heterocycles. The van der Waals surface area contributed by atoms with E-state index in [1.54, 1.807) is 24.1 Å². The van der Waals surface area contributed by atoms with E-state index in [2.05, 4.69) is 10.9 Å². The van der Waals surface area contributed by atoms with Crippen LogP contribution in [-0.2, 0) is 0 Å². The van der Waals surface area contributed by atoms with Crippen LogP contribution in [-0.4, -0.2) is 43.2 Å². The summed E-state index contributed by atoms with van der Waals surface area (Å²) >= 11 is 0. The number of hydrogen-bond acceptors (Lipinski definition) is 3. The summed E-state index contributed by atoms with van der Waals surface area (Å²) in [4.78, 5) is 11.7. The number of rotatable bonds is 5. The van der Waals surface area contributed by atoms with Gasteiger partial charge in [-0.15, -0.1) is 0 Å². The van der Waals surface area contributed by atoms with Crippen molar-refractivity contribution in [3.8, 4) is 0 Å². The Morgan fingerprint density at radius 3 is 2.00 bits per heavy atom. The van der Waals surface area contributed by atoms with Gasteiger partial charge in [-0.25, -0.2) is 15.6 Å². The molecule has 2 N–H and O–H groups in total. The molecule has 0 fully saturated rings. The molecule has 0 atom stereocenters. The summed E-state index contributed by atoms with van der Waals surface area (Å²) in [5.41, 5.74) is 5.68. The SMILES string of the molecule is CCCN(NC)C(=O)N(CC)NC. The van der Waals surface area contributed by atoms with Crippen molar-refractivity contribution in [1.29, 1.82) is 0 Å². The van der Waals surface area contributed by atoms with Gasteiger partial charge in [-0.1, -0.05) is 6.92 Å². The first-order valence-corrected chi connectivity index (χ1v) is 4.65. The molecule has 0 aliphatic carbocycles. The smallest absolute Gasteiger partial charge is 0.259 e. The number of nitrogens with zero attached hydrogens (tertiary/aromatic N) is 2. The van der Waals surface area contributed by atoms with Crippen LogP contribution in [0.5, 0.6) is 0 Å². The predicted molar refractivity (Wildman–Crippen MR) is 52.9 cm³/mol. The minimum Gasteiger partial charge on any atom is -0.259 e. The Kier molecular flexibility index (Phi) is 6.26. The average molecular weight is 188 g/mol. The Hall–Kier alpha value is -0.810. The van der Waals surface area contributed by atoms with Gasteiger partial charge in [0.25, 0.3) is 0 Å². The Balaban J connectivity index is 4.16. The monoisotopic (exact) mass is 188 g/mol. The predicted octanol–water partition coefficient (Wildman–Crippen LogP) is 0.409. The summed E-state index contributed by atoms with van der Waals surface area (Å²) in [6.07, 6.45) is 0.938. The van der Waals surface area contributed by atoms with Crippen LogP contribution in [0.3, 0.4) is 0 Å². The highest BCUT2D eigenvalue weighted by atomic mass is 16.2. The Morgan fingerprint density at radius 2 is 1.69 bits per heavy atom. The van der Waals surface area contributed by atoms with Crippen LogP contribution in [0, 0.1) is 0 Å². The lowest BCUT2D eigenvalue weighted by atomic mass is 10.5. The molecule has 0 saturated carbocycles. The fourth-order valence-corrected chi connectivity index (χ4v) is 1.06. The molecule has 0 heterocycles. The molecule has 0 bridgehead atoms. The third-order valence-electron chi connectivity index (χ3n) is 1.77. The van der Waals surface area contributed by atoms with Gasteiger partial charge in [-0.05, 0) is 13.3 Å². The summed E-state index contributed by atoms with van der Waals surface area (Å²) in [6, 6.07) is -0.0469. The summed E-state index contributed by atoms with van der Waals surface area (Å²) in [6.45, 7) is 5.33. The topological polar surface area (TPSA) is 47.6 Å². The second-order valence-electron chi connectivity index (χ2n) is 2.63. The van der Waals surface area contributed by atoms with E-state index in [0.29, 0.717) is 13.1 Å². The van der Waals surface area contributed by atoms with Crippen molar-refractivity contribution in [3.63, 3.8) is 0 Å². The van der Waals surface area contributed by atoms with Crippen LogP contribution in [0.4, 0.5) is 4.79 Å². The zero-order valence-corrected chi connectivity index (χ0v) is 8.92. The number of carbonyl (C=O) groups excluding carboxylic acids is 1. The van der Waals surface area contributed by atoms with Gasteiger partial charge in [0.1, 0.15) is 0 Å². The molecule has 78 valence electrons. The maximum absolute atomic E-state index is 11.7.